The standard InChI is InChI=1S/C30H27ClN6O2/c1-36-17-21(16-34-36)20-13-24(22-6-4-11-32-27(22)14-20)19-8-9-29(33-15-19)37-12-10-26(28(38)18-37)35-30(39)23-5-2-3-7-25(23)31/h2-9,11,13-17,26,28,38H,10,12,18H2,1H3,(H,35,39)/t26-,28-/m0/s1. The van der Waals surface area contributed by atoms with Crippen molar-refractivity contribution in [3.8, 4) is 22.3 Å². The lowest BCUT2D eigenvalue weighted by atomic mass is 9.97. The summed E-state index contributed by atoms with van der Waals surface area (Å²) in [6, 6.07) is 18.8. The van der Waals surface area contributed by atoms with Gasteiger partial charge >= 0.3 is 0 Å². The number of rotatable bonds is 5. The van der Waals surface area contributed by atoms with Gasteiger partial charge in [-0.2, -0.15) is 5.10 Å². The first-order valence-electron chi connectivity index (χ1n) is 12.8. The Hall–Kier alpha value is -4.27. The molecule has 1 amide bonds. The fraction of sp³-hybridized carbons (Fsp3) is 0.200. The second-order valence-corrected chi connectivity index (χ2v) is 10.2. The molecule has 4 heterocycles. The van der Waals surface area contributed by atoms with Crippen molar-refractivity contribution in [2.45, 2.75) is 18.6 Å². The molecule has 2 aromatic carbocycles. The number of aliphatic hydroxyl groups excluding tert-OH is 1. The summed E-state index contributed by atoms with van der Waals surface area (Å²) in [4.78, 5) is 24.0. The fourth-order valence-corrected chi connectivity index (χ4v) is 5.31. The van der Waals surface area contributed by atoms with Gasteiger partial charge in [0.05, 0.1) is 34.4 Å². The van der Waals surface area contributed by atoms with Crippen molar-refractivity contribution in [3.63, 3.8) is 0 Å². The van der Waals surface area contributed by atoms with Gasteiger partial charge in [0, 0.05) is 55.2 Å². The Kier molecular flexibility index (Phi) is 6.72. The molecule has 0 aliphatic carbocycles. The average Bonchev–Trinajstić information content (AvgIpc) is 3.40. The molecule has 0 unspecified atom stereocenters. The molecule has 39 heavy (non-hydrogen) atoms. The summed E-state index contributed by atoms with van der Waals surface area (Å²) < 4.78 is 1.79. The molecule has 1 aliphatic heterocycles. The third-order valence-electron chi connectivity index (χ3n) is 7.16. The van der Waals surface area contributed by atoms with Crippen LogP contribution in [0, 0.1) is 0 Å². The van der Waals surface area contributed by atoms with Crippen LogP contribution in [0.1, 0.15) is 16.8 Å². The van der Waals surface area contributed by atoms with Crippen molar-refractivity contribution < 1.29 is 9.90 Å². The first-order chi connectivity index (χ1) is 19.0. The van der Waals surface area contributed by atoms with Gasteiger partial charge in [0.2, 0.25) is 0 Å². The lowest BCUT2D eigenvalue weighted by molar-refractivity contribution is 0.0798. The number of aryl methyl sites for hydroxylation is 1. The number of halogens is 1. The second kappa shape index (κ2) is 10.5. The monoisotopic (exact) mass is 538 g/mol. The van der Waals surface area contributed by atoms with Gasteiger partial charge in [-0.3, -0.25) is 14.5 Å². The number of nitrogens with one attached hydrogen (secondary N) is 1. The maximum Gasteiger partial charge on any atom is 0.253 e. The van der Waals surface area contributed by atoms with Crippen molar-refractivity contribution in [1.82, 2.24) is 25.1 Å². The van der Waals surface area contributed by atoms with E-state index in [-0.39, 0.29) is 11.9 Å². The highest BCUT2D eigenvalue weighted by Gasteiger charge is 2.30. The Morgan fingerprint density at radius 3 is 2.64 bits per heavy atom. The number of pyridine rings is 2. The van der Waals surface area contributed by atoms with E-state index in [9.17, 15) is 9.90 Å². The summed E-state index contributed by atoms with van der Waals surface area (Å²) in [5.41, 5.74) is 5.39. The summed E-state index contributed by atoms with van der Waals surface area (Å²) in [7, 11) is 1.90. The van der Waals surface area contributed by atoms with Crippen LogP contribution < -0.4 is 10.2 Å². The number of benzene rings is 2. The first-order valence-corrected chi connectivity index (χ1v) is 13.2. The maximum absolute atomic E-state index is 12.7. The van der Waals surface area contributed by atoms with Gasteiger partial charge in [-0.15, -0.1) is 0 Å². The van der Waals surface area contributed by atoms with Crippen LogP contribution in [-0.4, -0.2) is 56.0 Å². The molecular weight excluding hydrogens is 512 g/mol. The first kappa shape index (κ1) is 25.0. The van der Waals surface area contributed by atoms with Gasteiger partial charge in [0.1, 0.15) is 5.82 Å². The molecule has 5 aromatic rings. The summed E-state index contributed by atoms with van der Waals surface area (Å²) in [6.45, 7) is 1.02. The lowest BCUT2D eigenvalue weighted by Crippen LogP contribution is -2.54. The van der Waals surface area contributed by atoms with Crippen molar-refractivity contribution in [2.24, 2.45) is 7.05 Å². The molecule has 8 nitrogen and oxygen atoms in total. The molecule has 9 heteroatoms. The van der Waals surface area contributed by atoms with Crippen molar-refractivity contribution in [2.75, 3.05) is 18.0 Å². The van der Waals surface area contributed by atoms with Gasteiger partial charge in [0.15, 0.2) is 0 Å². The van der Waals surface area contributed by atoms with Crippen LogP contribution in [0.2, 0.25) is 5.02 Å². The largest absolute Gasteiger partial charge is 0.389 e. The lowest BCUT2D eigenvalue weighted by Gasteiger charge is -2.37. The van der Waals surface area contributed by atoms with E-state index in [1.54, 1.807) is 35.1 Å². The molecule has 3 aromatic heterocycles. The van der Waals surface area contributed by atoms with Crippen LogP contribution in [0.25, 0.3) is 33.2 Å². The number of hydrogen-bond acceptors (Lipinski definition) is 6. The number of amides is 1. The molecule has 2 atom stereocenters. The molecule has 0 saturated carbocycles. The van der Waals surface area contributed by atoms with Crippen molar-refractivity contribution in [1.29, 1.82) is 0 Å². The van der Waals surface area contributed by atoms with Crippen molar-refractivity contribution >= 4 is 34.2 Å². The Morgan fingerprint density at radius 2 is 1.90 bits per heavy atom. The number of fused-ring (bicyclic) bond motifs is 1. The number of aliphatic hydroxyl groups is 1. The van der Waals surface area contributed by atoms with E-state index in [4.69, 9.17) is 16.6 Å². The van der Waals surface area contributed by atoms with Gasteiger partial charge in [0.25, 0.3) is 5.91 Å². The topological polar surface area (TPSA) is 96.2 Å². The smallest absolute Gasteiger partial charge is 0.253 e. The number of carbonyl (C=O) groups is 1. The third-order valence-corrected chi connectivity index (χ3v) is 7.49. The molecule has 0 spiro atoms. The Balaban J connectivity index is 1.20. The zero-order chi connectivity index (χ0) is 26.9. The van der Waals surface area contributed by atoms with E-state index >= 15 is 0 Å². The zero-order valence-corrected chi connectivity index (χ0v) is 22.1. The predicted octanol–water partition coefficient (Wildman–Crippen LogP) is 4.72. The molecule has 2 N–H and O–H groups in total. The van der Waals surface area contributed by atoms with Gasteiger partial charge in [-0.1, -0.05) is 29.8 Å². The van der Waals surface area contributed by atoms with Crippen LogP contribution in [0.4, 0.5) is 5.82 Å². The number of hydrogen-bond donors (Lipinski definition) is 2. The van der Waals surface area contributed by atoms with E-state index in [1.165, 1.54) is 0 Å². The van der Waals surface area contributed by atoms with Crippen LogP contribution in [0.3, 0.4) is 0 Å². The predicted molar refractivity (Wildman–Crippen MR) is 153 cm³/mol. The molecular formula is C30H27ClN6O2. The number of aromatic nitrogens is 4. The van der Waals surface area contributed by atoms with Gasteiger partial charge in [-0.05, 0) is 60.0 Å². The van der Waals surface area contributed by atoms with Crippen LogP contribution in [0.15, 0.2) is 85.5 Å². The highest BCUT2D eigenvalue weighted by molar-refractivity contribution is 6.33. The quantitative estimate of drug-likeness (QED) is 0.336. The number of piperidine rings is 1. The third kappa shape index (κ3) is 5.08. The van der Waals surface area contributed by atoms with E-state index in [0.717, 1.165) is 39.0 Å². The van der Waals surface area contributed by atoms with Crippen LogP contribution in [0.5, 0.6) is 0 Å². The zero-order valence-electron chi connectivity index (χ0n) is 21.3. The summed E-state index contributed by atoms with van der Waals surface area (Å²) >= 11 is 6.16. The second-order valence-electron chi connectivity index (χ2n) is 9.76. The number of carbonyl (C=O) groups excluding carboxylic acids is 1. The van der Waals surface area contributed by atoms with Gasteiger partial charge < -0.3 is 15.3 Å². The molecule has 1 aliphatic rings. The van der Waals surface area contributed by atoms with Crippen molar-refractivity contribution in [3.05, 3.63) is 96.0 Å². The van der Waals surface area contributed by atoms with Gasteiger partial charge in [-0.25, -0.2) is 4.98 Å². The molecule has 1 saturated heterocycles. The normalized spacial score (nSPS) is 17.4. The maximum atomic E-state index is 12.7. The number of nitrogens with zero attached hydrogens (tertiary/aromatic N) is 5. The summed E-state index contributed by atoms with van der Waals surface area (Å²) in [5, 5.41) is 19.5. The van der Waals surface area contributed by atoms with Crippen LogP contribution >= 0.6 is 11.6 Å². The molecule has 0 bridgehead atoms. The van der Waals surface area contributed by atoms with E-state index in [1.807, 2.05) is 42.7 Å². The number of β-amino-alcohol motifs (C(OH)–C–C–N with tert-alkyl or cyclic N) is 1. The Bertz CT molecular complexity index is 1650. The minimum absolute atomic E-state index is 0.282. The minimum atomic E-state index is -0.738. The molecule has 196 valence electrons. The van der Waals surface area contributed by atoms with E-state index in [2.05, 4.69) is 39.7 Å². The highest BCUT2D eigenvalue weighted by atomic mass is 35.5. The SMILES string of the molecule is Cn1cc(-c2cc(-c3ccc(N4CC[C@H](NC(=O)c5ccccc5Cl)[C@@H](O)C4)nc3)c3cccnc3c2)cn1. The Labute approximate surface area is 230 Å². The Morgan fingerprint density at radius 1 is 1.03 bits per heavy atom. The molecule has 1 fully saturated rings. The molecule has 6 rings (SSSR count). The van der Waals surface area contributed by atoms with Crippen LogP contribution in [-0.2, 0) is 7.05 Å². The number of anilines is 1. The molecule has 0 radical (unpaired) electrons. The fourth-order valence-electron chi connectivity index (χ4n) is 5.09. The average molecular weight is 539 g/mol. The van der Waals surface area contributed by atoms with E-state index < -0.39 is 6.10 Å². The minimum Gasteiger partial charge on any atom is -0.389 e. The van der Waals surface area contributed by atoms with E-state index in [0.29, 0.717) is 30.1 Å². The highest BCUT2D eigenvalue weighted by Crippen LogP contribution is 2.33. The summed E-state index contributed by atoms with van der Waals surface area (Å²) in [6.07, 6.45) is 7.35. The summed E-state index contributed by atoms with van der Waals surface area (Å²) in [5.74, 6) is 0.496.